The molecule has 2 heterocycles. The van der Waals surface area contributed by atoms with E-state index in [0.29, 0.717) is 13.0 Å². The fourth-order valence-electron chi connectivity index (χ4n) is 1.94. The maximum Gasteiger partial charge on any atom is 0.242 e. The Morgan fingerprint density at radius 1 is 1.40 bits per heavy atom. The van der Waals surface area contributed by atoms with Crippen molar-refractivity contribution >= 4 is 17.5 Å². The minimum atomic E-state index is -0.520. The normalized spacial score (nSPS) is 12.1. The minimum absolute atomic E-state index is 0.191. The van der Waals surface area contributed by atoms with E-state index in [-0.39, 0.29) is 11.8 Å². The summed E-state index contributed by atoms with van der Waals surface area (Å²) in [6.45, 7) is 3.54. The number of aromatic nitrogens is 2. The molecule has 6 nitrogen and oxygen atoms in total. The molecule has 0 saturated heterocycles. The van der Waals surface area contributed by atoms with E-state index in [9.17, 15) is 9.59 Å². The summed E-state index contributed by atoms with van der Waals surface area (Å²) in [6.07, 6.45) is 4.53. The average molecular weight is 274 g/mol. The van der Waals surface area contributed by atoms with Gasteiger partial charge in [-0.1, -0.05) is 6.07 Å². The Balaban J connectivity index is 1.83. The number of carbonyl (C=O) groups excluding carboxylic acids is 2. The van der Waals surface area contributed by atoms with Crippen LogP contribution in [-0.4, -0.2) is 33.8 Å². The summed E-state index contributed by atoms with van der Waals surface area (Å²) in [6, 6.07) is 5.28. The van der Waals surface area contributed by atoms with Gasteiger partial charge in [-0.15, -0.1) is 0 Å². The first-order valence-electron chi connectivity index (χ1n) is 6.53. The Hall–Kier alpha value is -2.37. The van der Waals surface area contributed by atoms with Crippen molar-refractivity contribution in [2.75, 3.05) is 6.54 Å². The fourth-order valence-corrected chi connectivity index (χ4v) is 1.94. The lowest BCUT2D eigenvalue weighted by Crippen LogP contribution is -2.44. The Bertz CT molecular complexity index is 587. The summed E-state index contributed by atoms with van der Waals surface area (Å²) < 4.78 is 1.94. The Morgan fingerprint density at radius 2 is 2.20 bits per heavy atom. The second-order valence-electron chi connectivity index (χ2n) is 4.66. The van der Waals surface area contributed by atoms with Crippen molar-refractivity contribution in [3.63, 3.8) is 0 Å². The molecular weight excluding hydrogens is 256 g/mol. The third-order valence-corrected chi connectivity index (χ3v) is 2.91. The van der Waals surface area contributed by atoms with Gasteiger partial charge in [0.25, 0.3) is 0 Å². The third kappa shape index (κ3) is 3.57. The van der Waals surface area contributed by atoms with Gasteiger partial charge in [0.15, 0.2) is 0 Å². The summed E-state index contributed by atoms with van der Waals surface area (Å²) in [7, 11) is 0. The second-order valence-corrected chi connectivity index (χ2v) is 4.66. The van der Waals surface area contributed by atoms with E-state index in [1.54, 1.807) is 6.92 Å². The van der Waals surface area contributed by atoms with E-state index in [0.717, 1.165) is 11.3 Å². The van der Waals surface area contributed by atoms with E-state index < -0.39 is 6.04 Å². The van der Waals surface area contributed by atoms with Crippen molar-refractivity contribution in [2.45, 2.75) is 26.3 Å². The predicted octanol–water partition coefficient (Wildman–Crippen LogP) is 0.518. The maximum absolute atomic E-state index is 11.7. The lowest BCUT2D eigenvalue weighted by Gasteiger charge is -2.12. The Kier molecular flexibility index (Phi) is 4.34. The molecule has 1 unspecified atom stereocenters. The van der Waals surface area contributed by atoms with Crippen LogP contribution in [0.4, 0.5) is 0 Å². The molecular formula is C14H18N4O2. The first-order valence-corrected chi connectivity index (χ1v) is 6.53. The van der Waals surface area contributed by atoms with Crippen LogP contribution in [0.5, 0.6) is 0 Å². The van der Waals surface area contributed by atoms with Crippen molar-refractivity contribution in [1.82, 2.24) is 20.0 Å². The molecule has 6 heteroatoms. The predicted molar refractivity (Wildman–Crippen MR) is 75.2 cm³/mol. The Labute approximate surface area is 117 Å². The number of amides is 2. The van der Waals surface area contributed by atoms with Gasteiger partial charge in [0, 0.05) is 32.3 Å². The minimum Gasteiger partial charge on any atom is -0.354 e. The molecule has 106 valence electrons. The van der Waals surface area contributed by atoms with Gasteiger partial charge in [-0.05, 0) is 19.1 Å². The van der Waals surface area contributed by atoms with Crippen LogP contribution in [0.25, 0.3) is 5.65 Å². The van der Waals surface area contributed by atoms with Crippen LogP contribution in [0.3, 0.4) is 0 Å². The van der Waals surface area contributed by atoms with Crippen LogP contribution < -0.4 is 10.6 Å². The molecule has 2 rings (SSSR count). The van der Waals surface area contributed by atoms with Gasteiger partial charge in [0.1, 0.15) is 11.7 Å². The van der Waals surface area contributed by atoms with Gasteiger partial charge in [-0.3, -0.25) is 9.59 Å². The summed E-state index contributed by atoms with van der Waals surface area (Å²) in [4.78, 5) is 27.0. The van der Waals surface area contributed by atoms with Crippen LogP contribution in [0.15, 0.2) is 30.6 Å². The molecule has 0 aliphatic rings. The molecule has 0 spiro atoms. The molecule has 0 radical (unpaired) electrons. The smallest absolute Gasteiger partial charge is 0.242 e. The van der Waals surface area contributed by atoms with Crippen LogP contribution in [0.2, 0.25) is 0 Å². The number of carbonyl (C=O) groups is 2. The van der Waals surface area contributed by atoms with E-state index in [1.807, 2.05) is 35.0 Å². The van der Waals surface area contributed by atoms with Crippen molar-refractivity contribution in [3.05, 3.63) is 36.3 Å². The van der Waals surface area contributed by atoms with E-state index in [4.69, 9.17) is 0 Å². The Morgan fingerprint density at radius 3 is 2.90 bits per heavy atom. The number of hydrogen-bond acceptors (Lipinski definition) is 3. The number of hydrogen-bond donors (Lipinski definition) is 2. The van der Waals surface area contributed by atoms with Crippen LogP contribution in [0.1, 0.15) is 19.5 Å². The number of fused-ring (bicyclic) bond motifs is 1. The lowest BCUT2D eigenvalue weighted by atomic mass is 10.3. The summed E-state index contributed by atoms with van der Waals surface area (Å²) >= 11 is 0. The van der Waals surface area contributed by atoms with Gasteiger partial charge in [0.05, 0.1) is 5.69 Å². The van der Waals surface area contributed by atoms with Gasteiger partial charge >= 0.3 is 0 Å². The van der Waals surface area contributed by atoms with Gasteiger partial charge < -0.3 is 15.0 Å². The first kappa shape index (κ1) is 14.0. The molecule has 2 N–H and O–H groups in total. The van der Waals surface area contributed by atoms with Crippen LogP contribution in [-0.2, 0) is 16.0 Å². The standard InChI is InChI=1S/C14H18N4O2/c1-10(16-11(2)19)14(20)15-7-6-12-9-18-8-4-3-5-13(18)17-12/h3-5,8-10H,6-7H2,1-2H3,(H,15,20)(H,16,19). The second kappa shape index (κ2) is 6.18. The zero-order valence-corrected chi connectivity index (χ0v) is 11.6. The average Bonchev–Trinajstić information content (AvgIpc) is 2.80. The topological polar surface area (TPSA) is 75.5 Å². The van der Waals surface area contributed by atoms with E-state index in [1.165, 1.54) is 6.92 Å². The highest BCUT2D eigenvalue weighted by Crippen LogP contribution is 2.04. The third-order valence-electron chi connectivity index (χ3n) is 2.91. The lowest BCUT2D eigenvalue weighted by molar-refractivity contribution is -0.127. The zero-order chi connectivity index (χ0) is 14.5. The summed E-state index contributed by atoms with van der Waals surface area (Å²) in [5.74, 6) is -0.406. The molecule has 1 atom stereocenters. The fraction of sp³-hybridized carbons (Fsp3) is 0.357. The number of pyridine rings is 1. The van der Waals surface area contributed by atoms with Crippen molar-refractivity contribution in [3.8, 4) is 0 Å². The zero-order valence-electron chi connectivity index (χ0n) is 11.6. The van der Waals surface area contributed by atoms with Crippen LogP contribution >= 0.6 is 0 Å². The first-order chi connectivity index (χ1) is 9.56. The van der Waals surface area contributed by atoms with Gasteiger partial charge in [-0.2, -0.15) is 0 Å². The molecule has 0 aliphatic carbocycles. The highest BCUT2D eigenvalue weighted by molar-refractivity contribution is 5.86. The maximum atomic E-state index is 11.7. The van der Waals surface area contributed by atoms with Crippen molar-refractivity contribution < 1.29 is 9.59 Å². The van der Waals surface area contributed by atoms with E-state index >= 15 is 0 Å². The molecule has 2 aromatic heterocycles. The van der Waals surface area contributed by atoms with Gasteiger partial charge in [-0.25, -0.2) is 4.98 Å². The number of nitrogens with zero attached hydrogens (tertiary/aromatic N) is 2. The molecule has 2 amide bonds. The SMILES string of the molecule is CC(=O)NC(C)C(=O)NCCc1cn2ccccc2n1. The molecule has 0 aliphatic heterocycles. The molecule has 0 saturated carbocycles. The molecule has 0 aromatic carbocycles. The quantitative estimate of drug-likeness (QED) is 0.834. The summed E-state index contributed by atoms with van der Waals surface area (Å²) in [5.41, 5.74) is 1.81. The molecule has 20 heavy (non-hydrogen) atoms. The van der Waals surface area contributed by atoms with Crippen molar-refractivity contribution in [1.29, 1.82) is 0 Å². The van der Waals surface area contributed by atoms with Gasteiger partial charge in [0.2, 0.25) is 11.8 Å². The summed E-state index contributed by atoms with van der Waals surface area (Å²) in [5, 5.41) is 5.32. The number of imidazole rings is 1. The largest absolute Gasteiger partial charge is 0.354 e. The van der Waals surface area contributed by atoms with Crippen LogP contribution in [0, 0.1) is 0 Å². The molecule has 2 aromatic rings. The monoisotopic (exact) mass is 274 g/mol. The molecule has 0 bridgehead atoms. The number of nitrogens with one attached hydrogen (secondary N) is 2. The highest BCUT2D eigenvalue weighted by Gasteiger charge is 2.12. The van der Waals surface area contributed by atoms with E-state index in [2.05, 4.69) is 15.6 Å². The van der Waals surface area contributed by atoms with Crippen molar-refractivity contribution in [2.24, 2.45) is 0 Å². The molecule has 0 fully saturated rings. The number of rotatable bonds is 5. The highest BCUT2D eigenvalue weighted by atomic mass is 16.2.